The molecule has 2 atom stereocenters. The number of hydrogen-bond donors (Lipinski definition) is 1. The fourth-order valence-corrected chi connectivity index (χ4v) is 1.44. The van der Waals surface area contributed by atoms with Gasteiger partial charge in [-0.3, -0.25) is 4.79 Å². The van der Waals surface area contributed by atoms with E-state index in [4.69, 9.17) is 9.52 Å². The highest BCUT2D eigenvalue weighted by molar-refractivity contribution is 5.74. The molecular formula is C9H10O3. The Labute approximate surface area is 70.0 Å². The van der Waals surface area contributed by atoms with Crippen LogP contribution < -0.4 is 0 Å². The van der Waals surface area contributed by atoms with Crippen LogP contribution in [0.3, 0.4) is 0 Å². The van der Waals surface area contributed by atoms with Crippen molar-refractivity contribution in [1.29, 1.82) is 0 Å². The average molecular weight is 166 g/mol. The Morgan fingerprint density at radius 3 is 2.83 bits per heavy atom. The predicted octanol–water partition coefficient (Wildman–Crippen LogP) is 1.78. The quantitative estimate of drug-likeness (QED) is 0.728. The fraction of sp³-hybridized carbons (Fsp3) is 0.444. The van der Waals surface area contributed by atoms with E-state index >= 15 is 0 Å². The van der Waals surface area contributed by atoms with Gasteiger partial charge < -0.3 is 9.52 Å². The minimum Gasteiger partial charge on any atom is -0.481 e. The summed E-state index contributed by atoms with van der Waals surface area (Å²) in [4.78, 5) is 10.5. The van der Waals surface area contributed by atoms with Gasteiger partial charge in [-0.1, -0.05) is 0 Å². The van der Waals surface area contributed by atoms with E-state index in [2.05, 4.69) is 0 Å². The van der Waals surface area contributed by atoms with Gasteiger partial charge in [0.1, 0.15) is 11.5 Å². The van der Waals surface area contributed by atoms with E-state index in [0.717, 1.165) is 17.9 Å². The highest BCUT2D eigenvalue weighted by atomic mass is 16.4. The summed E-state index contributed by atoms with van der Waals surface area (Å²) in [6.07, 6.45) is 0.724. The van der Waals surface area contributed by atoms with E-state index in [0.29, 0.717) is 0 Å². The van der Waals surface area contributed by atoms with Gasteiger partial charge in [-0.2, -0.15) is 0 Å². The number of rotatable bonds is 2. The zero-order chi connectivity index (χ0) is 8.72. The third-order valence-electron chi connectivity index (χ3n) is 2.23. The second kappa shape index (κ2) is 2.37. The van der Waals surface area contributed by atoms with Crippen molar-refractivity contribution in [2.45, 2.75) is 19.3 Å². The van der Waals surface area contributed by atoms with Crippen molar-refractivity contribution in [1.82, 2.24) is 0 Å². The second-order valence-corrected chi connectivity index (χ2v) is 3.24. The van der Waals surface area contributed by atoms with Crippen LogP contribution in [0.1, 0.15) is 23.9 Å². The molecule has 1 saturated carbocycles. The van der Waals surface area contributed by atoms with E-state index in [1.807, 2.05) is 19.1 Å². The number of carboxylic acid groups (broad SMARTS) is 1. The van der Waals surface area contributed by atoms with E-state index < -0.39 is 5.97 Å². The maximum Gasteiger partial charge on any atom is 0.307 e. The maximum absolute atomic E-state index is 10.5. The zero-order valence-electron chi connectivity index (χ0n) is 6.78. The van der Waals surface area contributed by atoms with Crippen molar-refractivity contribution in [2.75, 3.05) is 0 Å². The molecule has 0 unspecified atom stereocenters. The highest BCUT2D eigenvalue weighted by Gasteiger charge is 2.46. The third kappa shape index (κ3) is 1.11. The van der Waals surface area contributed by atoms with E-state index in [-0.39, 0.29) is 11.8 Å². The lowest BCUT2D eigenvalue weighted by molar-refractivity contribution is -0.138. The Kier molecular flexibility index (Phi) is 1.46. The first kappa shape index (κ1) is 7.40. The van der Waals surface area contributed by atoms with Crippen molar-refractivity contribution < 1.29 is 14.3 Å². The van der Waals surface area contributed by atoms with Crippen molar-refractivity contribution in [3.05, 3.63) is 23.7 Å². The standard InChI is InChI=1S/C9H10O3/c1-5-2-3-8(12-5)6-4-7(6)9(10)11/h2-3,6-7H,4H2,1H3,(H,10,11)/t6-,7+/m0/s1. The lowest BCUT2D eigenvalue weighted by Gasteiger charge is -1.90. The number of carbonyl (C=O) groups is 1. The molecule has 0 aromatic carbocycles. The number of furan rings is 1. The molecule has 1 aliphatic rings. The van der Waals surface area contributed by atoms with E-state index in [9.17, 15) is 4.79 Å². The predicted molar refractivity (Wildman–Crippen MR) is 41.9 cm³/mol. The molecule has 0 radical (unpaired) electrons. The molecule has 1 aromatic heterocycles. The van der Waals surface area contributed by atoms with Gasteiger partial charge in [-0.25, -0.2) is 0 Å². The molecule has 1 fully saturated rings. The summed E-state index contributed by atoms with van der Waals surface area (Å²) in [6, 6.07) is 3.73. The first-order valence-electron chi connectivity index (χ1n) is 3.97. The van der Waals surface area contributed by atoms with Gasteiger partial charge >= 0.3 is 5.97 Å². The molecule has 0 bridgehead atoms. The molecule has 0 spiro atoms. The number of aryl methyl sites for hydroxylation is 1. The fourth-order valence-electron chi connectivity index (χ4n) is 1.44. The third-order valence-corrected chi connectivity index (χ3v) is 2.23. The minimum atomic E-state index is -0.714. The summed E-state index contributed by atoms with van der Waals surface area (Å²) in [7, 11) is 0. The van der Waals surface area contributed by atoms with Crippen LogP contribution in [0.4, 0.5) is 0 Å². The number of hydrogen-bond acceptors (Lipinski definition) is 2. The summed E-state index contributed by atoms with van der Waals surface area (Å²) in [6.45, 7) is 1.86. The molecule has 1 N–H and O–H groups in total. The van der Waals surface area contributed by atoms with Gasteiger partial charge in [0.25, 0.3) is 0 Å². The molecule has 0 saturated heterocycles. The molecule has 1 heterocycles. The number of carboxylic acids is 1. The van der Waals surface area contributed by atoms with Gasteiger partial charge in [0, 0.05) is 5.92 Å². The molecule has 2 rings (SSSR count). The molecule has 0 aliphatic heterocycles. The Hall–Kier alpha value is -1.25. The lowest BCUT2D eigenvalue weighted by Crippen LogP contribution is -1.98. The average Bonchev–Trinajstić information content (AvgIpc) is 2.70. The summed E-state index contributed by atoms with van der Waals surface area (Å²) in [5.74, 6) is 0.863. The first-order chi connectivity index (χ1) is 5.68. The smallest absolute Gasteiger partial charge is 0.307 e. The molecule has 12 heavy (non-hydrogen) atoms. The normalized spacial score (nSPS) is 27.1. The Morgan fingerprint density at radius 2 is 2.42 bits per heavy atom. The van der Waals surface area contributed by atoms with Crippen LogP contribution in [-0.2, 0) is 4.79 Å². The van der Waals surface area contributed by atoms with Gasteiger partial charge in [-0.05, 0) is 25.5 Å². The zero-order valence-corrected chi connectivity index (χ0v) is 6.78. The maximum atomic E-state index is 10.5. The summed E-state index contributed by atoms with van der Waals surface area (Å²) in [5.41, 5.74) is 0. The summed E-state index contributed by atoms with van der Waals surface area (Å²) < 4.78 is 5.32. The molecule has 1 aliphatic carbocycles. The molecule has 3 nitrogen and oxygen atoms in total. The van der Waals surface area contributed by atoms with Crippen molar-refractivity contribution in [2.24, 2.45) is 5.92 Å². The van der Waals surface area contributed by atoms with Crippen LogP contribution in [0.25, 0.3) is 0 Å². The van der Waals surface area contributed by atoms with Gasteiger partial charge in [-0.15, -0.1) is 0 Å². The molecule has 64 valence electrons. The molecule has 3 heteroatoms. The Bertz CT molecular complexity index is 313. The van der Waals surface area contributed by atoms with E-state index in [1.54, 1.807) is 0 Å². The lowest BCUT2D eigenvalue weighted by atomic mass is 10.2. The highest BCUT2D eigenvalue weighted by Crippen LogP contribution is 2.47. The molecule has 0 amide bonds. The Morgan fingerprint density at radius 1 is 1.67 bits per heavy atom. The van der Waals surface area contributed by atoms with Gasteiger partial charge in [0.2, 0.25) is 0 Å². The topological polar surface area (TPSA) is 50.4 Å². The summed E-state index contributed by atoms with van der Waals surface area (Å²) in [5, 5.41) is 8.65. The van der Waals surface area contributed by atoms with Crippen molar-refractivity contribution in [3.63, 3.8) is 0 Å². The SMILES string of the molecule is Cc1ccc([C@H]2C[C@H]2C(=O)O)o1. The van der Waals surface area contributed by atoms with Crippen LogP contribution in [0.5, 0.6) is 0 Å². The monoisotopic (exact) mass is 166 g/mol. The van der Waals surface area contributed by atoms with Crippen LogP contribution >= 0.6 is 0 Å². The summed E-state index contributed by atoms with van der Waals surface area (Å²) >= 11 is 0. The molecule has 1 aromatic rings. The first-order valence-corrected chi connectivity index (χ1v) is 3.97. The van der Waals surface area contributed by atoms with Crippen molar-refractivity contribution >= 4 is 5.97 Å². The largest absolute Gasteiger partial charge is 0.481 e. The van der Waals surface area contributed by atoms with Gasteiger partial charge in [0.05, 0.1) is 5.92 Å². The van der Waals surface area contributed by atoms with Crippen LogP contribution in [0, 0.1) is 12.8 Å². The molecular weight excluding hydrogens is 156 g/mol. The van der Waals surface area contributed by atoms with Gasteiger partial charge in [0.15, 0.2) is 0 Å². The minimum absolute atomic E-state index is 0.121. The van der Waals surface area contributed by atoms with Crippen LogP contribution in [0.15, 0.2) is 16.5 Å². The number of aliphatic carboxylic acids is 1. The van der Waals surface area contributed by atoms with Crippen LogP contribution in [0.2, 0.25) is 0 Å². The second-order valence-electron chi connectivity index (χ2n) is 3.24. The van der Waals surface area contributed by atoms with Crippen molar-refractivity contribution in [3.8, 4) is 0 Å². The Balaban J connectivity index is 2.10. The van der Waals surface area contributed by atoms with Crippen LogP contribution in [-0.4, -0.2) is 11.1 Å². The van der Waals surface area contributed by atoms with E-state index in [1.165, 1.54) is 0 Å².